The number of rotatable bonds is 9. The largest absolute Gasteiger partial charge is 0.476 e. The number of hydrogen-bond acceptors (Lipinski definition) is 8. The molecule has 0 aliphatic carbocycles. The van der Waals surface area contributed by atoms with Gasteiger partial charge < -0.3 is 10.1 Å². The van der Waals surface area contributed by atoms with Crippen LogP contribution in [0.25, 0.3) is 0 Å². The Morgan fingerprint density at radius 2 is 2.26 bits per heavy atom. The Labute approximate surface area is 142 Å². The first-order chi connectivity index (χ1) is 11.0. The van der Waals surface area contributed by atoms with Crippen LogP contribution in [0.4, 0.5) is 0 Å². The molecular formula is C14H25N3O4S2. The first-order valence-electron chi connectivity index (χ1n) is 8.01. The van der Waals surface area contributed by atoms with Crippen LogP contribution in [0.3, 0.4) is 0 Å². The zero-order valence-electron chi connectivity index (χ0n) is 13.7. The summed E-state index contributed by atoms with van der Waals surface area (Å²) in [7, 11) is -3.49. The third kappa shape index (κ3) is 5.98. The lowest BCUT2D eigenvalue weighted by atomic mass is 9.84. The maximum atomic E-state index is 11.4. The fourth-order valence-corrected chi connectivity index (χ4v) is 3.64. The lowest BCUT2D eigenvalue weighted by Crippen LogP contribution is -2.35. The zero-order valence-corrected chi connectivity index (χ0v) is 15.3. The third-order valence-electron chi connectivity index (χ3n) is 3.94. The summed E-state index contributed by atoms with van der Waals surface area (Å²) in [5.41, 5.74) is 0.725. The van der Waals surface area contributed by atoms with E-state index < -0.39 is 10.1 Å². The topological polar surface area (TPSA) is 90.4 Å². The van der Waals surface area contributed by atoms with Crippen LogP contribution in [0.15, 0.2) is 0 Å². The summed E-state index contributed by atoms with van der Waals surface area (Å²) >= 11 is 1.10. The highest BCUT2D eigenvalue weighted by atomic mass is 32.2. The van der Waals surface area contributed by atoms with Gasteiger partial charge in [0.2, 0.25) is 5.88 Å². The quantitative estimate of drug-likeness (QED) is 0.528. The van der Waals surface area contributed by atoms with Crippen molar-refractivity contribution in [3.05, 3.63) is 5.69 Å². The first-order valence-corrected chi connectivity index (χ1v) is 10.6. The molecule has 1 unspecified atom stereocenters. The number of hydrogen-bond donors (Lipinski definition) is 1. The molecule has 1 saturated heterocycles. The minimum absolute atomic E-state index is 0.0841. The van der Waals surface area contributed by atoms with E-state index in [0.717, 1.165) is 62.5 Å². The van der Waals surface area contributed by atoms with E-state index in [1.54, 1.807) is 0 Å². The van der Waals surface area contributed by atoms with Crippen molar-refractivity contribution < 1.29 is 17.3 Å². The molecule has 2 rings (SSSR count). The maximum Gasteiger partial charge on any atom is 0.264 e. The normalized spacial score (nSPS) is 20.3. The van der Waals surface area contributed by atoms with Crippen LogP contribution in [-0.2, 0) is 14.3 Å². The highest BCUT2D eigenvalue weighted by Gasteiger charge is 2.31. The average molecular weight is 364 g/mol. The maximum absolute atomic E-state index is 11.4. The molecule has 2 atom stereocenters. The molecule has 0 radical (unpaired) electrons. The zero-order chi connectivity index (χ0) is 16.7. The fraction of sp³-hybridized carbons (Fsp3) is 0.857. The van der Waals surface area contributed by atoms with Gasteiger partial charge in [-0.15, -0.1) is 4.37 Å². The highest BCUT2D eigenvalue weighted by molar-refractivity contribution is 7.85. The molecule has 0 amide bonds. The summed E-state index contributed by atoms with van der Waals surface area (Å²) in [4.78, 5) is 0. The molecule has 1 aromatic rings. The molecule has 1 N–H and O–H groups in total. The minimum Gasteiger partial charge on any atom is -0.476 e. The summed E-state index contributed by atoms with van der Waals surface area (Å²) in [6, 6.07) is 0. The molecule has 0 aromatic carbocycles. The van der Waals surface area contributed by atoms with E-state index in [1.165, 1.54) is 0 Å². The van der Waals surface area contributed by atoms with Gasteiger partial charge in [0.15, 0.2) is 0 Å². The van der Waals surface area contributed by atoms with Gasteiger partial charge in [-0.05, 0) is 38.3 Å². The highest BCUT2D eigenvalue weighted by Crippen LogP contribution is 2.34. The van der Waals surface area contributed by atoms with Crippen LogP contribution in [0.1, 0.15) is 44.2 Å². The van der Waals surface area contributed by atoms with Crippen molar-refractivity contribution >= 4 is 21.8 Å². The van der Waals surface area contributed by atoms with E-state index in [-0.39, 0.29) is 18.4 Å². The van der Waals surface area contributed by atoms with E-state index in [0.29, 0.717) is 12.5 Å². The predicted octanol–water partition coefficient (Wildman–Crippen LogP) is 1.78. The van der Waals surface area contributed by atoms with Crippen molar-refractivity contribution in [3.63, 3.8) is 0 Å². The molecule has 23 heavy (non-hydrogen) atoms. The molecule has 1 aromatic heterocycles. The van der Waals surface area contributed by atoms with Crippen molar-refractivity contribution in [1.29, 1.82) is 0 Å². The second kappa shape index (κ2) is 8.91. The number of ether oxygens (including phenoxy) is 1. The van der Waals surface area contributed by atoms with Gasteiger partial charge in [0.05, 0.1) is 31.2 Å². The first kappa shape index (κ1) is 18.6. The lowest BCUT2D eigenvalue weighted by molar-refractivity contribution is 0.215. The van der Waals surface area contributed by atoms with Crippen LogP contribution >= 0.6 is 11.7 Å². The standard InChI is InChI=1S/C14H25N3O4S2/c1-3-4-8-20-14-13(16-22-17-14)12(10-21-23(2,18)19)11-6-5-7-15-9-11/h11-12,15H,3-10H2,1-2H3/t11-,12?/m0/s1. The van der Waals surface area contributed by atoms with Crippen molar-refractivity contribution in [1.82, 2.24) is 14.1 Å². The summed E-state index contributed by atoms with van der Waals surface area (Å²) in [6.45, 7) is 4.59. The summed E-state index contributed by atoms with van der Waals surface area (Å²) < 4.78 is 42.2. The van der Waals surface area contributed by atoms with Gasteiger partial charge in [-0.1, -0.05) is 13.3 Å². The number of unbranched alkanes of at least 4 members (excludes halogenated alkanes) is 1. The van der Waals surface area contributed by atoms with Crippen molar-refractivity contribution in [3.8, 4) is 5.88 Å². The van der Waals surface area contributed by atoms with Gasteiger partial charge in [-0.3, -0.25) is 4.18 Å². The van der Waals surface area contributed by atoms with E-state index in [9.17, 15) is 8.42 Å². The molecule has 9 heteroatoms. The molecule has 2 heterocycles. The van der Waals surface area contributed by atoms with E-state index in [2.05, 4.69) is 21.0 Å². The summed E-state index contributed by atoms with van der Waals surface area (Å²) in [5.74, 6) is 0.659. The Morgan fingerprint density at radius 1 is 1.43 bits per heavy atom. The van der Waals surface area contributed by atoms with Gasteiger partial charge in [0.1, 0.15) is 5.69 Å². The monoisotopic (exact) mass is 363 g/mol. The van der Waals surface area contributed by atoms with Gasteiger partial charge in [0.25, 0.3) is 10.1 Å². The van der Waals surface area contributed by atoms with Gasteiger partial charge in [0, 0.05) is 5.92 Å². The van der Waals surface area contributed by atoms with Gasteiger partial charge in [-0.2, -0.15) is 12.8 Å². The Bertz CT molecular complexity index is 570. The van der Waals surface area contributed by atoms with Crippen LogP contribution in [0.5, 0.6) is 5.88 Å². The molecular weight excluding hydrogens is 338 g/mol. The van der Waals surface area contributed by atoms with E-state index >= 15 is 0 Å². The average Bonchev–Trinajstić information content (AvgIpc) is 2.96. The molecule has 7 nitrogen and oxygen atoms in total. The van der Waals surface area contributed by atoms with E-state index in [4.69, 9.17) is 8.92 Å². The van der Waals surface area contributed by atoms with Crippen LogP contribution in [0, 0.1) is 5.92 Å². The van der Waals surface area contributed by atoms with Gasteiger partial charge >= 0.3 is 0 Å². The Morgan fingerprint density at radius 3 is 2.91 bits per heavy atom. The van der Waals surface area contributed by atoms with Crippen molar-refractivity contribution in [2.75, 3.05) is 32.6 Å². The second-order valence-electron chi connectivity index (χ2n) is 5.86. The third-order valence-corrected chi connectivity index (χ3v) is 5.03. The Kier molecular flexibility index (Phi) is 7.19. The smallest absolute Gasteiger partial charge is 0.264 e. The lowest BCUT2D eigenvalue weighted by Gasteiger charge is -2.29. The Balaban J connectivity index is 2.13. The molecule has 0 bridgehead atoms. The summed E-state index contributed by atoms with van der Waals surface area (Å²) in [5, 5.41) is 3.36. The van der Waals surface area contributed by atoms with Crippen LogP contribution in [0.2, 0.25) is 0 Å². The predicted molar refractivity (Wildman–Crippen MR) is 89.4 cm³/mol. The second-order valence-corrected chi connectivity index (χ2v) is 8.03. The SMILES string of the molecule is CCCCOc1nsnc1C(COS(C)(=O)=O)[C@H]1CCCNC1. The number of nitrogens with one attached hydrogen (secondary N) is 1. The van der Waals surface area contributed by atoms with Crippen molar-refractivity contribution in [2.24, 2.45) is 5.92 Å². The molecule has 0 spiro atoms. The number of piperidine rings is 1. The molecule has 1 fully saturated rings. The molecule has 0 saturated carbocycles. The van der Waals surface area contributed by atoms with Crippen LogP contribution in [-0.4, -0.2) is 49.7 Å². The van der Waals surface area contributed by atoms with Gasteiger partial charge in [-0.25, -0.2) is 0 Å². The fourth-order valence-electron chi connectivity index (χ4n) is 2.68. The van der Waals surface area contributed by atoms with Crippen LogP contribution < -0.4 is 10.1 Å². The molecule has 1 aliphatic heterocycles. The minimum atomic E-state index is -3.49. The van der Waals surface area contributed by atoms with E-state index in [1.807, 2.05) is 0 Å². The molecule has 1 aliphatic rings. The summed E-state index contributed by atoms with van der Waals surface area (Å²) in [6.07, 6.45) is 5.13. The number of aromatic nitrogens is 2. The molecule has 132 valence electrons. The Hall–Kier alpha value is -0.770. The number of nitrogens with zero attached hydrogens (tertiary/aromatic N) is 2. The van der Waals surface area contributed by atoms with Crippen molar-refractivity contribution in [2.45, 2.75) is 38.5 Å².